The van der Waals surface area contributed by atoms with Gasteiger partial charge in [0, 0.05) is 10.6 Å². The van der Waals surface area contributed by atoms with Crippen molar-refractivity contribution in [3.63, 3.8) is 0 Å². The van der Waals surface area contributed by atoms with Crippen LogP contribution in [0.5, 0.6) is 0 Å². The van der Waals surface area contributed by atoms with Crippen LogP contribution in [0.25, 0.3) is 22.3 Å². The molecule has 1 N–H and O–H groups in total. The van der Waals surface area contributed by atoms with E-state index in [-0.39, 0.29) is 21.8 Å². The second kappa shape index (κ2) is 6.07. The van der Waals surface area contributed by atoms with Crippen molar-refractivity contribution in [3.8, 4) is 11.3 Å². The van der Waals surface area contributed by atoms with Crippen molar-refractivity contribution in [2.75, 3.05) is 0 Å². The molecule has 0 spiro atoms. The molecule has 2 aromatic carbocycles. The number of carboxylic acid groups (broad SMARTS) is 1. The summed E-state index contributed by atoms with van der Waals surface area (Å²) < 4.78 is 5.79. The third-order valence-electron chi connectivity index (χ3n) is 3.40. The zero-order valence-corrected chi connectivity index (χ0v) is 13.2. The molecule has 0 aliphatic heterocycles. The average Bonchev–Trinajstić information content (AvgIpc) is 2.50. The fourth-order valence-corrected chi connectivity index (χ4v) is 2.88. The molecule has 23 heavy (non-hydrogen) atoms. The summed E-state index contributed by atoms with van der Waals surface area (Å²) in [5.74, 6) is -0.975. The van der Waals surface area contributed by atoms with Crippen LogP contribution in [0.4, 0.5) is 0 Å². The zero-order valence-electron chi connectivity index (χ0n) is 11.7. The molecule has 0 bridgehead atoms. The predicted octanol–water partition coefficient (Wildman–Crippen LogP) is 4.39. The molecule has 0 saturated carbocycles. The highest BCUT2D eigenvalue weighted by Gasteiger charge is 2.20. The molecule has 0 unspecified atom stereocenters. The van der Waals surface area contributed by atoms with Crippen molar-refractivity contribution in [2.45, 2.75) is 6.42 Å². The third-order valence-corrected chi connectivity index (χ3v) is 3.94. The lowest BCUT2D eigenvalue weighted by Crippen LogP contribution is -2.15. The van der Waals surface area contributed by atoms with Gasteiger partial charge in [-0.3, -0.25) is 9.59 Å². The van der Waals surface area contributed by atoms with Crippen LogP contribution in [0, 0.1) is 0 Å². The lowest BCUT2D eigenvalue weighted by Gasteiger charge is -2.10. The van der Waals surface area contributed by atoms with Crippen molar-refractivity contribution in [1.82, 2.24) is 0 Å². The number of halogens is 2. The van der Waals surface area contributed by atoms with Gasteiger partial charge in [0.05, 0.1) is 22.4 Å². The number of para-hydroxylation sites is 1. The van der Waals surface area contributed by atoms with E-state index in [1.807, 2.05) is 0 Å². The third kappa shape index (κ3) is 2.96. The Balaban J connectivity index is 2.38. The molecule has 0 atom stereocenters. The van der Waals surface area contributed by atoms with Crippen LogP contribution >= 0.6 is 23.2 Å². The molecule has 0 saturated heterocycles. The van der Waals surface area contributed by atoms with Crippen LogP contribution in [-0.4, -0.2) is 11.1 Å². The Morgan fingerprint density at radius 1 is 1.13 bits per heavy atom. The molecule has 0 amide bonds. The van der Waals surface area contributed by atoms with E-state index in [2.05, 4.69) is 0 Å². The second-order valence-electron chi connectivity index (χ2n) is 4.93. The Bertz CT molecular complexity index is 976. The first-order valence-corrected chi connectivity index (χ1v) is 7.45. The number of aliphatic carboxylic acids is 1. The van der Waals surface area contributed by atoms with Crippen molar-refractivity contribution >= 4 is 40.1 Å². The van der Waals surface area contributed by atoms with Crippen molar-refractivity contribution in [1.29, 1.82) is 0 Å². The molecule has 0 fully saturated rings. The molecular formula is C17H10Cl2O4. The zero-order chi connectivity index (χ0) is 16.6. The minimum Gasteiger partial charge on any atom is -0.481 e. The van der Waals surface area contributed by atoms with E-state index in [0.717, 1.165) is 0 Å². The number of rotatable bonds is 3. The number of carboxylic acids is 1. The molecule has 1 aromatic heterocycles. The Morgan fingerprint density at radius 2 is 1.87 bits per heavy atom. The highest BCUT2D eigenvalue weighted by molar-refractivity contribution is 6.36. The van der Waals surface area contributed by atoms with Crippen LogP contribution in [0.2, 0.25) is 10.0 Å². The lowest BCUT2D eigenvalue weighted by atomic mass is 10.0. The molecule has 0 aliphatic carbocycles. The van der Waals surface area contributed by atoms with E-state index in [9.17, 15) is 9.59 Å². The van der Waals surface area contributed by atoms with Gasteiger partial charge in [-0.05, 0) is 30.3 Å². The van der Waals surface area contributed by atoms with E-state index < -0.39 is 12.4 Å². The highest BCUT2D eigenvalue weighted by atomic mass is 35.5. The smallest absolute Gasteiger partial charge is 0.308 e. The SMILES string of the molecule is O=C(O)Cc1c(-c2ccc(Cl)cc2Cl)oc2ccccc2c1=O. The monoisotopic (exact) mass is 348 g/mol. The van der Waals surface area contributed by atoms with Gasteiger partial charge in [-0.15, -0.1) is 0 Å². The van der Waals surface area contributed by atoms with Gasteiger partial charge in [0.15, 0.2) is 5.43 Å². The summed E-state index contributed by atoms with van der Waals surface area (Å²) in [6.07, 6.45) is -0.457. The van der Waals surface area contributed by atoms with Crippen molar-refractivity contribution in [3.05, 3.63) is 68.3 Å². The molecule has 116 valence electrons. The average molecular weight is 349 g/mol. The summed E-state index contributed by atoms with van der Waals surface area (Å²) in [5.41, 5.74) is 0.471. The summed E-state index contributed by atoms with van der Waals surface area (Å²) in [6, 6.07) is 11.4. The maximum absolute atomic E-state index is 12.6. The van der Waals surface area contributed by atoms with E-state index >= 15 is 0 Å². The maximum Gasteiger partial charge on any atom is 0.308 e. The summed E-state index contributed by atoms with van der Waals surface area (Å²) in [7, 11) is 0. The van der Waals surface area contributed by atoms with Gasteiger partial charge < -0.3 is 9.52 Å². The Morgan fingerprint density at radius 3 is 2.57 bits per heavy atom. The quantitative estimate of drug-likeness (QED) is 0.761. The van der Waals surface area contributed by atoms with Gasteiger partial charge >= 0.3 is 5.97 Å². The van der Waals surface area contributed by atoms with Gasteiger partial charge in [0.1, 0.15) is 11.3 Å². The number of benzene rings is 2. The molecule has 4 nitrogen and oxygen atoms in total. The fraction of sp³-hybridized carbons (Fsp3) is 0.0588. The minimum atomic E-state index is -1.13. The van der Waals surface area contributed by atoms with E-state index in [1.165, 1.54) is 6.07 Å². The predicted molar refractivity (Wildman–Crippen MR) is 89.3 cm³/mol. The fourth-order valence-electron chi connectivity index (χ4n) is 2.38. The topological polar surface area (TPSA) is 67.5 Å². The van der Waals surface area contributed by atoms with Crippen molar-refractivity contribution in [2.24, 2.45) is 0 Å². The Labute approximate surface area is 140 Å². The van der Waals surface area contributed by atoms with Crippen LogP contribution in [-0.2, 0) is 11.2 Å². The normalized spacial score (nSPS) is 10.9. The first-order chi connectivity index (χ1) is 11.0. The van der Waals surface area contributed by atoms with Gasteiger partial charge in [-0.1, -0.05) is 35.3 Å². The molecule has 0 aliphatic rings. The summed E-state index contributed by atoms with van der Waals surface area (Å²) in [5, 5.41) is 10.2. The first kappa shape index (κ1) is 15.6. The standard InChI is InChI=1S/C17H10Cl2O4/c18-9-5-6-10(13(19)7-9)17-12(8-15(20)21)16(22)11-3-1-2-4-14(11)23-17/h1-7H,8H2,(H,20,21). The number of hydrogen-bond donors (Lipinski definition) is 1. The largest absolute Gasteiger partial charge is 0.481 e. The van der Waals surface area contributed by atoms with Crippen LogP contribution < -0.4 is 5.43 Å². The number of hydrogen-bond acceptors (Lipinski definition) is 3. The summed E-state index contributed by atoms with van der Waals surface area (Å²) in [4.78, 5) is 23.8. The molecular weight excluding hydrogens is 339 g/mol. The van der Waals surface area contributed by atoms with E-state index in [1.54, 1.807) is 36.4 Å². The van der Waals surface area contributed by atoms with Crippen LogP contribution in [0.1, 0.15) is 5.56 Å². The summed E-state index contributed by atoms with van der Waals surface area (Å²) in [6.45, 7) is 0. The first-order valence-electron chi connectivity index (χ1n) is 6.69. The number of fused-ring (bicyclic) bond motifs is 1. The van der Waals surface area contributed by atoms with Gasteiger partial charge in [0.2, 0.25) is 0 Å². The van der Waals surface area contributed by atoms with Crippen LogP contribution in [0.3, 0.4) is 0 Å². The van der Waals surface area contributed by atoms with Gasteiger partial charge in [-0.25, -0.2) is 0 Å². The number of carbonyl (C=O) groups is 1. The Hall–Kier alpha value is -2.30. The lowest BCUT2D eigenvalue weighted by molar-refractivity contribution is -0.136. The minimum absolute atomic E-state index is 0.0559. The van der Waals surface area contributed by atoms with Gasteiger partial charge in [0.25, 0.3) is 0 Å². The van der Waals surface area contributed by atoms with E-state index in [0.29, 0.717) is 21.6 Å². The van der Waals surface area contributed by atoms with E-state index in [4.69, 9.17) is 32.7 Å². The highest BCUT2D eigenvalue weighted by Crippen LogP contribution is 2.33. The van der Waals surface area contributed by atoms with Crippen molar-refractivity contribution < 1.29 is 14.3 Å². The Kier molecular flexibility index (Phi) is 4.11. The summed E-state index contributed by atoms with van der Waals surface area (Å²) >= 11 is 12.1. The van der Waals surface area contributed by atoms with Gasteiger partial charge in [-0.2, -0.15) is 0 Å². The second-order valence-corrected chi connectivity index (χ2v) is 5.77. The molecule has 1 heterocycles. The van der Waals surface area contributed by atoms with Crippen LogP contribution in [0.15, 0.2) is 51.7 Å². The molecule has 3 aromatic rings. The molecule has 6 heteroatoms. The molecule has 3 rings (SSSR count). The molecule has 0 radical (unpaired) electrons. The maximum atomic E-state index is 12.6.